The van der Waals surface area contributed by atoms with Crippen molar-refractivity contribution in [3.05, 3.63) is 106 Å². The number of carbonyl (C=O) groups is 2. The molecule has 192 valence electrons. The Hall–Kier alpha value is -4.40. The Labute approximate surface area is 214 Å². The molecule has 1 aliphatic heterocycles. The molecule has 2 atom stereocenters. The van der Waals surface area contributed by atoms with E-state index in [1.807, 2.05) is 60.7 Å². The second-order valence-corrected chi connectivity index (χ2v) is 8.79. The Morgan fingerprint density at radius 2 is 1.73 bits per heavy atom. The third-order valence-electron chi connectivity index (χ3n) is 6.23. The molecule has 0 aliphatic carbocycles. The van der Waals surface area contributed by atoms with Crippen molar-refractivity contribution in [1.82, 2.24) is 4.90 Å². The van der Waals surface area contributed by atoms with E-state index in [4.69, 9.17) is 14.2 Å². The third-order valence-corrected chi connectivity index (χ3v) is 6.23. The van der Waals surface area contributed by atoms with Crippen LogP contribution in [-0.2, 0) is 22.6 Å². The number of imide groups is 1. The Morgan fingerprint density at radius 1 is 1.05 bits per heavy atom. The highest BCUT2D eigenvalue weighted by Gasteiger charge is 2.39. The van der Waals surface area contributed by atoms with E-state index >= 15 is 0 Å². The number of hydrogen-bond donors (Lipinski definition) is 0. The van der Waals surface area contributed by atoms with Crippen LogP contribution in [0.2, 0.25) is 0 Å². The van der Waals surface area contributed by atoms with Gasteiger partial charge < -0.3 is 14.2 Å². The number of methoxy groups -OCH3 is 1. The number of benzene rings is 3. The quantitative estimate of drug-likeness (QED) is 0.277. The minimum Gasteiger partial charge on any atom is -0.493 e. The Kier molecular flexibility index (Phi) is 8.35. The monoisotopic (exact) mass is 504 g/mol. The van der Waals surface area contributed by atoms with Crippen LogP contribution in [0.4, 0.5) is 4.79 Å². The van der Waals surface area contributed by atoms with Crippen LogP contribution in [0, 0.1) is 10.1 Å². The van der Waals surface area contributed by atoms with Crippen LogP contribution < -0.4 is 9.47 Å². The summed E-state index contributed by atoms with van der Waals surface area (Å²) in [5, 5.41) is 11.5. The molecule has 3 aromatic carbocycles. The minimum absolute atomic E-state index is 0.0827. The predicted octanol–water partition coefficient (Wildman–Crippen LogP) is 4.61. The third kappa shape index (κ3) is 6.63. The molecule has 9 nitrogen and oxygen atoms in total. The van der Waals surface area contributed by atoms with Gasteiger partial charge in [0.15, 0.2) is 11.5 Å². The fourth-order valence-corrected chi connectivity index (χ4v) is 4.37. The average molecular weight is 505 g/mol. The van der Waals surface area contributed by atoms with Gasteiger partial charge in [0.25, 0.3) is 0 Å². The first kappa shape index (κ1) is 25.7. The second kappa shape index (κ2) is 12.0. The summed E-state index contributed by atoms with van der Waals surface area (Å²) in [4.78, 5) is 37.9. The van der Waals surface area contributed by atoms with Crippen molar-refractivity contribution in [2.24, 2.45) is 0 Å². The Bertz CT molecular complexity index is 1230. The summed E-state index contributed by atoms with van der Waals surface area (Å²) < 4.78 is 16.5. The normalized spacial score (nSPS) is 15.6. The largest absolute Gasteiger partial charge is 0.493 e. The number of rotatable bonds is 11. The van der Waals surface area contributed by atoms with Crippen LogP contribution in [0.15, 0.2) is 78.9 Å². The summed E-state index contributed by atoms with van der Waals surface area (Å²) in [6.07, 6.45) is -0.517. The number of ether oxygens (including phenoxy) is 3. The summed E-state index contributed by atoms with van der Waals surface area (Å²) in [6.45, 7) is -0.123. The van der Waals surface area contributed by atoms with E-state index in [9.17, 15) is 19.7 Å². The van der Waals surface area contributed by atoms with Gasteiger partial charge in [-0.2, -0.15) is 0 Å². The lowest BCUT2D eigenvalue weighted by atomic mass is 9.94. The number of hydrogen-bond acceptors (Lipinski definition) is 7. The maximum absolute atomic E-state index is 13.3. The predicted molar refractivity (Wildman–Crippen MR) is 135 cm³/mol. The van der Waals surface area contributed by atoms with Gasteiger partial charge in [-0.05, 0) is 35.2 Å². The van der Waals surface area contributed by atoms with Gasteiger partial charge >= 0.3 is 6.09 Å². The Balaban J connectivity index is 1.53. The van der Waals surface area contributed by atoms with Gasteiger partial charge in [-0.1, -0.05) is 66.7 Å². The van der Waals surface area contributed by atoms with Gasteiger partial charge in [-0.15, -0.1) is 0 Å². The van der Waals surface area contributed by atoms with E-state index in [-0.39, 0.29) is 19.6 Å². The molecular formula is C28H28N2O7. The highest BCUT2D eigenvalue weighted by Crippen LogP contribution is 2.33. The lowest BCUT2D eigenvalue weighted by Gasteiger charge is -2.22. The van der Waals surface area contributed by atoms with Crippen molar-refractivity contribution in [2.45, 2.75) is 31.4 Å². The molecule has 1 fully saturated rings. The SMILES string of the molecule is COc1ccc([C@@H](CC(=O)N2C(=O)OC[C@H]2Cc2ccccc2)C[N+](=O)[O-])cc1OCc1ccccc1. The number of amides is 2. The van der Waals surface area contributed by atoms with Gasteiger partial charge in [0, 0.05) is 11.3 Å². The first-order valence-electron chi connectivity index (χ1n) is 11.9. The van der Waals surface area contributed by atoms with Crippen molar-refractivity contribution in [3.63, 3.8) is 0 Å². The molecule has 0 radical (unpaired) electrons. The zero-order valence-corrected chi connectivity index (χ0v) is 20.4. The molecule has 0 N–H and O–H groups in total. The molecule has 4 rings (SSSR count). The van der Waals surface area contributed by atoms with E-state index in [0.29, 0.717) is 23.5 Å². The summed E-state index contributed by atoms with van der Waals surface area (Å²) in [6, 6.07) is 23.6. The number of cyclic esters (lactones) is 1. The number of nitro groups is 1. The van der Waals surface area contributed by atoms with Crippen molar-refractivity contribution in [1.29, 1.82) is 0 Å². The molecule has 3 aromatic rings. The summed E-state index contributed by atoms with van der Waals surface area (Å²) in [5.74, 6) is -0.416. The highest BCUT2D eigenvalue weighted by molar-refractivity contribution is 5.94. The zero-order valence-electron chi connectivity index (χ0n) is 20.4. The highest BCUT2D eigenvalue weighted by atomic mass is 16.6. The zero-order chi connectivity index (χ0) is 26.2. The van der Waals surface area contributed by atoms with Crippen molar-refractivity contribution in [3.8, 4) is 11.5 Å². The standard InChI is InChI=1S/C28H28N2O7/c1-35-25-13-12-22(15-26(25)36-18-21-10-6-3-7-11-21)23(17-29(33)34)16-27(31)30-24(19-37-28(30)32)14-20-8-4-2-5-9-20/h2-13,15,23-24H,14,16-19H2,1H3/t23-,24+/m0/s1. The summed E-state index contributed by atoms with van der Waals surface area (Å²) >= 11 is 0. The minimum atomic E-state index is -0.779. The molecular weight excluding hydrogens is 476 g/mol. The number of nitrogens with zero attached hydrogens (tertiary/aromatic N) is 2. The topological polar surface area (TPSA) is 108 Å². The molecule has 0 unspecified atom stereocenters. The molecule has 2 amide bonds. The van der Waals surface area contributed by atoms with Crippen molar-refractivity contribution < 1.29 is 28.7 Å². The molecule has 1 heterocycles. The molecule has 37 heavy (non-hydrogen) atoms. The van der Waals surface area contributed by atoms with Gasteiger partial charge in [-0.3, -0.25) is 14.9 Å². The molecule has 0 aromatic heterocycles. The molecule has 0 bridgehead atoms. The maximum Gasteiger partial charge on any atom is 0.416 e. The smallest absolute Gasteiger partial charge is 0.416 e. The number of carbonyl (C=O) groups excluding carboxylic acids is 2. The van der Waals surface area contributed by atoms with Gasteiger partial charge in [-0.25, -0.2) is 9.69 Å². The molecule has 1 saturated heterocycles. The summed E-state index contributed by atoms with van der Waals surface area (Å²) in [7, 11) is 1.51. The van der Waals surface area contributed by atoms with Gasteiger partial charge in [0.2, 0.25) is 12.5 Å². The molecule has 1 aliphatic rings. The lowest BCUT2D eigenvalue weighted by Crippen LogP contribution is -2.41. The fraction of sp³-hybridized carbons (Fsp3) is 0.286. The first-order valence-corrected chi connectivity index (χ1v) is 11.9. The summed E-state index contributed by atoms with van der Waals surface area (Å²) in [5.41, 5.74) is 2.45. The van der Waals surface area contributed by atoms with E-state index in [2.05, 4.69) is 0 Å². The average Bonchev–Trinajstić information content (AvgIpc) is 3.27. The van der Waals surface area contributed by atoms with E-state index in [0.717, 1.165) is 16.0 Å². The van der Waals surface area contributed by atoms with Crippen molar-refractivity contribution >= 4 is 12.0 Å². The maximum atomic E-state index is 13.3. The lowest BCUT2D eigenvalue weighted by molar-refractivity contribution is -0.483. The van der Waals surface area contributed by atoms with Crippen LogP contribution in [0.25, 0.3) is 0 Å². The molecule has 9 heteroatoms. The van der Waals surface area contributed by atoms with Crippen LogP contribution in [0.5, 0.6) is 11.5 Å². The van der Waals surface area contributed by atoms with E-state index < -0.39 is 35.4 Å². The van der Waals surface area contributed by atoms with Crippen LogP contribution in [0.1, 0.15) is 29.0 Å². The van der Waals surface area contributed by atoms with Gasteiger partial charge in [0.1, 0.15) is 13.2 Å². The Morgan fingerprint density at radius 3 is 2.38 bits per heavy atom. The van der Waals surface area contributed by atoms with Crippen LogP contribution in [-0.4, -0.2) is 48.1 Å². The second-order valence-electron chi connectivity index (χ2n) is 8.79. The van der Waals surface area contributed by atoms with E-state index in [1.165, 1.54) is 7.11 Å². The fourth-order valence-electron chi connectivity index (χ4n) is 4.37. The van der Waals surface area contributed by atoms with Crippen LogP contribution in [0.3, 0.4) is 0 Å². The van der Waals surface area contributed by atoms with Crippen molar-refractivity contribution in [2.75, 3.05) is 20.3 Å². The van der Waals surface area contributed by atoms with Crippen LogP contribution >= 0.6 is 0 Å². The first-order chi connectivity index (χ1) is 17.9. The molecule has 0 saturated carbocycles. The van der Waals surface area contributed by atoms with E-state index in [1.54, 1.807) is 18.2 Å². The van der Waals surface area contributed by atoms with Gasteiger partial charge in [0.05, 0.1) is 19.1 Å². The molecule has 0 spiro atoms.